The number of Topliss-reactive ketones (excluding diaryl/α,β-unsaturated/α-hetero) is 1. The van der Waals surface area contributed by atoms with Crippen LogP contribution in [0.1, 0.15) is 56.1 Å². The molecule has 4 rings (SSSR count). The molecule has 1 aromatic carbocycles. The number of hydrogen-bond acceptors (Lipinski definition) is 5. The van der Waals surface area contributed by atoms with Gasteiger partial charge in [0.15, 0.2) is 5.78 Å². The highest BCUT2D eigenvalue weighted by atomic mass is 16.5. The van der Waals surface area contributed by atoms with Gasteiger partial charge in [-0.05, 0) is 48.9 Å². The van der Waals surface area contributed by atoms with Crippen LogP contribution in [-0.4, -0.2) is 25.7 Å². The Hall–Kier alpha value is -2.76. The normalized spacial score (nSPS) is 18.5. The zero-order chi connectivity index (χ0) is 20.1. The molecule has 1 atom stereocenters. The van der Waals surface area contributed by atoms with Gasteiger partial charge in [-0.25, -0.2) is 0 Å². The molecule has 6 nitrogen and oxygen atoms in total. The molecule has 25 heavy (non-hydrogen) atoms. The molecule has 0 saturated carbocycles. The first-order valence-electron chi connectivity index (χ1n) is 9.73. The van der Waals surface area contributed by atoms with Gasteiger partial charge in [0.1, 0.15) is 5.69 Å². The molecular formula is C19H20N4O2. The van der Waals surface area contributed by atoms with Gasteiger partial charge in [-0.2, -0.15) is 10.1 Å². The van der Waals surface area contributed by atoms with Crippen LogP contribution in [-0.2, 0) is 13.5 Å². The predicted molar refractivity (Wildman–Crippen MR) is 92.4 cm³/mol. The van der Waals surface area contributed by atoms with Crippen LogP contribution in [0, 0.1) is 13.8 Å². The van der Waals surface area contributed by atoms with Crippen molar-refractivity contribution in [3.8, 4) is 11.4 Å². The highest BCUT2D eigenvalue weighted by molar-refractivity contribution is 5.95. The Morgan fingerprint density at radius 1 is 1.44 bits per heavy atom. The first kappa shape index (κ1) is 12.6. The summed E-state index contributed by atoms with van der Waals surface area (Å²) in [6.45, 7) is -0.545. The molecule has 0 N–H and O–H groups in total. The van der Waals surface area contributed by atoms with Crippen molar-refractivity contribution in [2.24, 2.45) is 7.05 Å². The van der Waals surface area contributed by atoms with Crippen molar-refractivity contribution in [1.29, 1.82) is 0 Å². The van der Waals surface area contributed by atoms with E-state index >= 15 is 0 Å². The molecule has 0 spiro atoms. The number of carbonyl (C=O) groups excluding carboxylic acids is 1. The van der Waals surface area contributed by atoms with Gasteiger partial charge in [0.25, 0.3) is 0 Å². The fourth-order valence-corrected chi connectivity index (χ4v) is 3.60. The molecule has 2 aromatic heterocycles. The van der Waals surface area contributed by atoms with Crippen molar-refractivity contribution in [3.63, 3.8) is 0 Å². The zero-order valence-electron chi connectivity index (χ0n) is 17.1. The second kappa shape index (κ2) is 5.95. The fourth-order valence-electron chi connectivity index (χ4n) is 3.60. The molecule has 0 radical (unpaired) electrons. The standard InChI is InChI=1S/C19H20N4O2/c1-11-8-17(23(3)21-11)18(24)10-14-5-4-13-9-15(6-7-16(13)14)19-20-12(2)25-22-19/h6-9,14H,4-5,10H2,1-3H3/t14-/m0/s1/i2D3. The third-order valence-electron chi connectivity index (χ3n) is 4.75. The van der Waals surface area contributed by atoms with Crippen LogP contribution in [0.15, 0.2) is 28.8 Å². The van der Waals surface area contributed by atoms with Gasteiger partial charge < -0.3 is 4.52 Å². The molecular weight excluding hydrogens is 316 g/mol. The number of benzene rings is 1. The smallest absolute Gasteiger partial charge is 0.223 e. The lowest BCUT2D eigenvalue weighted by Gasteiger charge is -2.11. The lowest BCUT2D eigenvalue weighted by molar-refractivity contribution is 0.0964. The van der Waals surface area contributed by atoms with Gasteiger partial charge in [0, 0.05) is 30.0 Å². The monoisotopic (exact) mass is 339 g/mol. The summed E-state index contributed by atoms with van der Waals surface area (Å²) in [4.78, 5) is 16.7. The molecule has 2 heterocycles. The quantitative estimate of drug-likeness (QED) is 0.681. The molecule has 0 fully saturated rings. The summed E-state index contributed by atoms with van der Waals surface area (Å²) in [5.74, 6) is 0.150. The maximum absolute atomic E-state index is 12.7. The van der Waals surface area contributed by atoms with Crippen LogP contribution < -0.4 is 0 Å². The van der Waals surface area contributed by atoms with Gasteiger partial charge in [-0.3, -0.25) is 9.48 Å². The maximum atomic E-state index is 12.7. The van der Waals surface area contributed by atoms with E-state index in [2.05, 4.69) is 15.2 Å². The maximum Gasteiger partial charge on any atom is 0.223 e. The highest BCUT2D eigenvalue weighted by Gasteiger charge is 2.27. The number of aryl methyl sites for hydroxylation is 4. The number of aromatic nitrogens is 4. The van der Waals surface area contributed by atoms with E-state index in [9.17, 15) is 4.79 Å². The SMILES string of the molecule is [2H]C([2H])([2H])c1nc(-c2ccc3c(c2)CC[C@H]3CC(=O)c2cc(C)nn2C)no1. The van der Waals surface area contributed by atoms with E-state index in [4.69, 9.17) is 8.64 Å². The Labute approximate surface area is 150 Å². The van der Waals surface area contributed by atoms with E-state index in [0.29, 0.717) is 17.7 Å². The van der Waals surface area contributed by atoms with Crippen molar-refractivity contribution in [1.82, 2.24) is 19.9 Å². The van der Waals surface area contributed by atoms with Crippen molar-refractivity contribution >= 4 is 5.78 Å². The second-order valence-corrected chi connectivity index (χ2v) is 6.49. The number of fused-ring (bicyclic) bond motifs is 1. The molecule has 0 amide bonds. The van der Waals surface area contributed by atoms with E-state index in [0.717, 1.165) is 29.7 Å². The number of hydrogen-bond donors (Lipinski definition) is 0. The average molecular weight is 339 g/mol. The lowest BCUT2D eigenvalue weighted by Crippen LogP contribution is -2.10. The first-order valence-corrected chi connectivity index (χ1v) is 8.23. The molecule has 128 valence electrons. The molecule has 0 saturated heterocycles. The van der Waals surface area contributed by atoms with E-state index in [1.165, 1.54) is 0 Å². The largest absolute Gasteiger partial charge is 0.339 e. The fraction of sp³-hybridized carbons (Fsp3) is 0.368. The van der Waals surface area contributed by atoms with Crippen LogP contribution in [0.25, 0.3) is 11.4 Å². The Bertz CT molecular complexity index is 1050. The summed E-state index contributed by atoms with van der Waals surface area (Å²) in [5.41, 5.74) is 4.46. The summed E-state index contributed by atoms with van der Waals surface area (Å²) >= 11 is 0. The van der Waals surface area contributed by atoms with Crippen LogP contribution in [0.3, 0.4) is 0 Å². The van der Waals surface area contributed by atoms with Crippen molar-refractivity contribution in [2.75, 3.05) is 0 Å². The van der Waals surface area contributed by atoms with Crippen LogP contribution in [0.4, 0.5) is 0 Å². The number of ketones is 1. The highest BCUT2D eigenvalue weighted by Crippen LogP contribution is 2.38. The van der Waals surface area contributed by atoms with Gasteiger partial charge in [-0.1, -0.05) is 17.3 Å². The summed E-state index contributed by atoms with van der Waals surface area (Å²) in [7, 11) is 1.79. The molecule has 1 aliphatic rings. The minimum absolute atomic E-state index is 0.0884. The lowest BCUT2D eigenvalue weighted by atomic mass is 9.94. The second-order valence-electron chi connectivity index (χ2n) is 6.49. The van der Waals surface area contributed by atoms with Crippen molar-refractivity contribution in [3.05, 3.63) is 52.7 Å². The Balaban J connectivity index is 1.54. The van der Waals surface area contributed by atoms with Gasteiger partial charge in [0.2, 0.25) is 11.7 Å². The van der Waals surface area contributed by atoms with Gasteiger partial charge in [0.05, 0.1) is 5.69 Å². The van der Waals surface area contributed by atoms with E-state index in [1.54, 1.807) is 11.7 Å². The topological polar surface area (TPSA) is 73.8 Å². The molecule has 0 unspecified atom stereocenters. The van der Waals surface area contributed by atoms with E-state index < -0.39 is 6.85 Å². The average Bonchev–Trinajstić information content (AvgIpc) is 3.33. The van der Waals surface area contributed by atoms with Crippen molar-refractivity contribution < 1.29 is 13.4 Å². The van der Waals surface area contributed by atoms with Gasteiger partial charge >= 0.3 is 0 Å². The molecule has 6 heteroatoms. The molecule has 3 aromatic rings. The summed E-state index contributed by atoms with van der Waals surface area (Å²) in [5, 5.41) is 8.04. The van der Waals surface area contributed by atoms with Crippen LogP contribution in [0.2, 0.25) is 0 Å². The Morgan fingerprint density at radius 2 is 2.32 bits per heavy atom. The number of carbonyl (C=O) groups is 1. The molecule has 1 aliphatic carbocycles. The van der Waals surface area contributed by atoms with Crippen molar-refractivity contribution in [2.45, 2.75) is 39.0 Å². The summed E-state index contributed by atoms with van der Waals surface area (Å²) < 4.78 is 28.5. The Morgan fingerprint density at radius 3 is 3.04 bits per heavy atom. The third-order valence-corrected chi connectivity index (χ3v) is 4.75. The van der Waals surface area contributed by atoms with Gasteiger partial charge in [-0.15, -0.1) is 0 Å². The summed E-state index contributed by atoms with van der Waals surface area (Å²) in [6, 6.07) is 7.61. The van der Waals surface area contributed by atoms with Crippen LogP contribution in [0.5, 0.6) is 0 Å². The number of nitrogens with zero attached hydrogens (tertiary/aromatic N) is 4. The first-order chi connectivity index (χ1) is 13.2. The van der Waals surface area contributed by atoms with Crippen LogP contribution >= 0.6 is 0 Å². The number of rotatable bonds is 4. The third kappa shape index (κ3) is 2.88. The predicted octanol–water partition coefficient (Wildman–Crippen LogP) is 3.39. The zero-order valence-corrected chi connectivity index (χ0v) is 14.1. The van der Waals surface area contributed by atoms with E-state index in [-0.39, 0.29) is 23.4 Å². The minimum Gasteiger partial charge on any atom is -0.339 e. The summed E-state index contributed by atoms with van der Waals surface area (Å²) in [6.07, 6.45) is 2.19. The minimum atomic E-state index is -2.42. The Kier molecular flexibility index (Phi) is 2.99. The molecule has 0 aliphatic heterocycles. The van der Waals surface area contributed by atoms with E-state index in [1.807, 2.05) is 31.2 Å². The molecule has 0 bridgehead atoms.